The summed E-state index contributed by atoms with van der Waals surface area (Å²) in [6.45, 7) is 15.3. The molecule has 4 saturated carbocycles. The minimum Gasteiger partial charge on any atom is -0.396 e. The van der Waals surface area contributed by atoms with E-state index in [1.165, 1.54) is 64.2 Å². The molecular formula is C29H50O. The van der Waals surface area contributed by atoms with E-state index in [1.807, 2.05) is 0 Å². The van der Waals surface area contributed by atoms with Gasteiger partial charge in [0.05, 0.1) is 0 Å². The van der Waals surface area contributed by atoms with Crippen LogP contribution in [-0.4, -0.2) is 11.7 Å². The molecule has 0 heterocycles. The molecule has 0 saturated heterocycles. The van der Waals surface area contributed by atoms with Crippen LogP contribution in [0.5, 0.6) is 0 Å². The van der Waals surface area contributed by atoms with Gasteiger partial charge in [0.25, 0.3) is 0 Å². The lowest BCUT2D eigenvalue weighted by molar-refractivity contribution is -0.0975. The minimum absolute atomic E-state index is 0.433. The Kier molecular flexibility index (Phi) is 6.53. The van der Waals surface area contributed by atoms with Crippen LogP contribution in [0.2, 0.25) is 0 Å². The molecule has 0 aromatic heterocycles. The quantitative estimate of drug-likeness (QED) is 0.438. The zero-order valence-corrected chi connectivity index (χ0v) is 20.9. The van der Waals surface area contributed by atoms with Crippen molar-refractivity contribution in [1.82, 2.24) is 0 Å². The third-order valence-corrected chi connectivity index (χ3v) is 11.6. The monoisotopic (exact) mass is 414 g/mol. The first-order valence-corrected chi connectivity index (χ1v) is 13.5. The number of hydrogen-bond donors (Lipinski definition) is 1. The molecule has 7 unspecified atom stereocenters. The minimum atomic E-state index is 0.433. The van der Waals surface area contributed by atoms with Crippen molar-refractivity contribution in [3.63, 3.8) is 0 Å². The van der Waals surface area contributed by atoms with E-state index >= 15 is 0 Å². The lowest BCUT2D eigenvalue weighted by Crippen LogP contribution is -2.51. The van der Waals surface area contributed by atoms with Gasteiger partial charge in [-0.05, 0) is 129 Å². The number of aliphatic hydroxyl groups is 1. The maximum absolute atomic E-state index is 9.94. The summed E-state index contributed by atoms with van der Waals surface area (Å²) >= 11 is 0. The molecule has 0 radical (unpaired) electrons. The first-order chi connectivity index (χ1) is 14.3. The highest BCUT2D eigenvalue weighted by Crippen LogP contribution is 2.69. The fraction of sp³-hybridized carbons (Fsp3) is 0.931. The fourth-order valence-electron chi connectivity index (χ4n) is 9.88. The zero-order valence-electron chi connectivity index (χ0n) is 20.9. The molecule has 4 fully saturated rings. The van der Waals surface area contributed by atoms with E-state index in [2.05, 4.69) is 47.6 Å². The molecule has 0 amide bonds. The standard InChI is InChI=1S/C29H50O/c1-7-21(19(2)3)9-8-20(4)24-12-13-26-23-10-11-25-22(18-30)14-16-29(25,6)27(23)15-17-28(24,26)5/h7,19-20,22-27,30H,8-18H2,1-6H3/b21-7-/t20?,22-,23?,24?,25+,26?,27?,28?,29?/m1/s1. The van der Waals surface area contributed by atoms with Gasteiger partial charge in [-0.1, -0.05) is 46.3 Å². The van der Waals surface area contributed by atoms with Crippen molar-refractivity contribution in [2.24, 2.45) is 58.2 Å². The van der Waals surface area contributed by atoms with Gasteiger partial charge in [0.15, 0.2) is 0 Å². The molecule has 30 heavy (non-hydrogen) atoms. The van der Waals surface area contributed by atoms with Crippen molar-refractivity contribution in [1.29, 1.82) is 0 Å². The van der Waals surface area contributed by atoms with E-state index in [4.69, 9.17) is 0 Å². The Balaban J connectivity index is 1.46. The molecule has 1 nitrogen and oxygen atoms in total. The van der Waals surface area contributed by atoms with Crippen molar-refractivity contribution in [2.75, 3.05) is 6.61 Å². The Morgan fingerprint density at radius 3 is 2.23 bits per heavy atom. The van der Waals surface area contributed by atoms with Crippen LogP contribution in [0.15, 0.2) is 11.6 Å². The predicted octanol–water partition coefficient (Wildman–Crippen LogP) is 7.88. The second kappa shape index (κ2) is 8.57. The van der Waals surface area contributed by atoms with E-state index in [9.17, 15) is 5.11 Å². The predicted molar refractivity (Wildman–Crippen MR) is 128 cm³/mol. The number of allylic oxidation sites excluding steroid dienone is 2. The lowest BCUT2D eigenvalue weighted by Gasteiger charge is -2.58. The van der Waals surface area contributed by atoms with E-state index in [-0.39, 0.29) is 0 Å². The maximum atomic E-state index is 9.94. The van der Waals surface area contributed by atoms with Crippen LogP contribution in [0.25, 0.3) is 0 Å². The van der Waals surface area contributed by atoms with Gasteiger partial charge in [-0.25, -0.2) is 0 Å². The van der Waals surface area contributed by atoms with E-state index in [0.29, 0.717) is 29.3 Å². The summed E-state index contributed by atoms with van der Waals surface area (Å²) in [5, 5.41) is 9.94. The molecule has 1 N–H and O–H groups in total. The van der Waals surface area contributed by atoms with Crippen LogP contribution in [0.3, 0.4) is 0 Å². The van der Waals surface area contributed by atoms with Crippen LogP contribution in [0.4, 0.5) is 0 Å². The maximum Gasteiger partial charge on any atom is 0.0462 e. The highest BCUT2D eigenvalue weighted by atomic mass is 16.3. The third kappa shape index (κ3) is 3.54. The van der Waals surface area contributed by atoms with Gasteiger partial charge in [0.1, 0.15) is 0 Å². The first-order valence-electron chi connectivity index (χ1n) is 13.5. The Labute approximate surface area is 187 Å². The highest BCUT2D eigenvalue weighted by Gasteiger charge is 2.61. The van der Waals surface area contributed by atoms with Gasteiger partial charge < -0.3 is 5.11 Å². The molecule has 0 spiro atoms. The summed E-state index contributed by atoms with van der Waals surface area (Å²) in [6, 6.07) is 0. The van der Waals surface area contributed by atoms with Crippen molar-refractivity contribution in [2.45, 2.75) is 106 Å². The average Bonchev–Trinajstić information content (AvgIpc) is 3.24. The van der Waals surface area contributed by atoms with Crippen LogP contribution in [0.1, 0.15) is 106 Å². The molecule has 4 aliphatic carbocycles. The van der Waals surface area contributed by atoms with Crippen molar-refractivity contribution in [3.05, 3.63) is 11.6 Å². The summed E-state index contributed by atoms with van der Waals surface area (Å²) in [5.41, 5.74) is 2.78. The summed E-state index contributed by atoms with van der Waals surface area (Å²) in [4.78, 5) is 0. The second-order valence-corrected chi connectivity index (χ2v) is 12.8. The fourth-order valence-corrected chi connectivity index (χ4v) is 9.88. The average molecular weight is 415 g/mol. The van der Waals surface area contributed by atoms with Crippen molar-refractivity contribution < 1.29 is 5.11 Å². The van der Waals surface area contributed by atoms with E-state index < -0.39 is 0 Å². The van der Waals surface area contributed by atoms with Gasteiger partial charge in [0.2, 0.25) is 0 Å². The molecule has 4 aliphatic rings. The normalized spacial score (nSPS) is 47.1. The SMILES string of the molecule is C/C=C(/CCC(C)C1CCC2C3CC[C@H]4[C@@H](CO)CCC4(C)C3CCC12C)C(C)C. The molecule has 4 rings (SSSR count). The largest absolute Gasteiger partial charge is 0.396 e. The van der Waals surface area contributed by atoms with Gasteiger partial charge >= 0.3 is 0 Å². The first kappa shape index (κ1) is 22.9. The van der Waals surface area contributed by atoms with Crippen LogP contribution >= 0.6 is 0 Å². The molecule has 0 aromatic carbocycles. The summed E-state index contributed by atoms with van der Waals surface area (Å²) in [5.74, 6) is 6.80. The van der Waals surface area contributed by atoms with Crippen LogP contribution < -0.4 is 0 Å². The molecule has 0 aromatic rings. The van der Waals surface area contributed by atoms with Gasteiger partial charge in [-0.2, -0.15) is 0 Å². The Bertz CT molecular complexity index is 634. The van der Waals surface area contributed by atoms with Crippen LogP contribution in [0, 0.1) is 58.2 Å². The zero-order chi connectivity index (χ0) is 21.7. The van der Waals surface area contributed by atoms with Gasteiger partial charge in [-0.15, -0.1) is 0 Å². The second-order valence-electron chi connectivity index (χ2n) is 12.8. The van der Waals surface area contributed by atoms with Gasteiger partial charge in [0, 0.05) is 6.61 Å². The van der Waals surface area contributed by atoms with Gasteiger partial charge in [-0.3, -0.25) is 0 Å². The van der Waals surface area contributed by atoms with Crippen molar-refractivity contribution >= 4 is 0 Å². The summed E-state index contributed by atoms with van der Waals surface area (Å²) in [7, 11) is 0. The number of aliphatic hydroxyl groups excluding tert-OH is 1. The molecule has 9 atom stereocenters. The molecule has 172 valence electrons. The Morgan fingerprint density at radius 2 is 1.57 bits per heavy atom. The van der Waals surface area contributed by atoms with Crippen molar-refractivity contribution in [3.8, 4) is 0 Å². The van der Waals surface area contributed by atoms with Crippen LogP contribution in [-0.2, 0) is 0 Å². The van der Waals surface area contributed by atoms with E-state index in [0.717, 1.165) is 35.5 Å². The third-order valence-electron chi connectivity index (χ3n) is 11.6. The topological polar surface area (TPSA) is 20.2 Å². The summed E-state index contributed by atoms with van der Waals surface area (Å²) in [6.07, 6.45) is 16.5. The molecule has 1 heteroatoms. The molecular weight excluding hydrogens is 364 g/mol. The number of hydrogen-bond acceptors (Lipinski definition) is 1. The smallest absolute Gasteiger partial charge is 0.0462 e. The molecule has 0 bridgehead atoms. The highest BCUT2D eigenvalue weighted by molar-refractivity contribution is 5.11. The Hall–Kier alpha value is -0.300. The lowest BCUT2D eigenvalue weighted by atomic mass is 9.46. The Morgan fingerprint density at radius 1 is 0.900 bits per heavy atom. The molecule has 0 aliphatic heterocycles. The number of rotatable bonds is 6. The van der Waals surface area contributed by atoms with E-state index in [1.54, 1.807) is 5.57 Å². The summed E-state index contributed by atoms with van der Waals surface area (Å²) < 4.78 is 0. The number of fused-ring (bicyclic) bond motifs is 5.